The Balaban J connectivity index is 1.89. The van der Waals surface area contributed by atoms with Crippen molar-refractivity contribution in [1.82, 2.24) is 9.80 Å². The zero-order valence-electron chi connectivity index (χ0n) is 11.6. The summed E-state index contributed by atoms with van der Waals surface area (Å²) in [5, 5.41) is 0.883. The summed E-state index contributed by atoms with van der Waals surface area (Å²) >= 11 is 6.17. The Morgan fingerprint density at radius 3 is 2.39 bits per heavy atom. The molecule has 18 heavy (non-hydrogen) atoms. The number of nitrogens with zero attached hydrogens (tertiary/aromatic N) is 2. The van der Waals surface area contributed by atoms with Gasteiger partial charge >= 0.3 is 0 Å². The lowest BCUT2D eigenvalue weighted by molar-refractivity contribution is 0.104. The second-order valence-electron chi connectivity index (χ2n) is 5.49. The summed E-state index contributed by atoms with van der Waals surface area (Å²) in [5.74, 6) is 0. The highest BCUT2D eigenvalue weighted by molar-refractivity contribution is 6.31. The van der Waals surface area contributed by atoms with E-state index >= 15 is 0 Å². The third kappa shape index (κ3) is 3.47. The zero-order chi connectivity index (χ0) is 13.1. The summed E-state index contributed by atoms with van der Waals surface area (Å²) < 4.78 is 0. The molecule has 2 nitrogen and oxygen atoms in total. The van der Waals surface area contributed by atoms with Crippen molar-refractivity contribution < 1.29 is 0 Å². The Labute approximate surface area is 116 Å². The molecule has 1 aliphatic heterocycles. The van der Waals surface area contributed by atoms with Crippen LogP contribution in [0.5, 0.6) is 0 Å². The fraction of sp³-hybridized carbons (Fsp3) is 0.600. The van der Waals surface area contributed by atoms with Gasteiger partial charge in [-0.1, -0.05) is 23.7 Å². The van der Waals surface area contributed by atoms with Crippen LogP contribution in [0.25, 0.3) is 0 Å². The maximum absolute atomic E-state index is 6.17. The smallest absolute Gasteiger partial charge is 0.0438 e. The second kappa shape index (κ2) is 6.05. The number of hydrogen-bond acceptors (Lipinski definition) is 2. The highest BCUT2D eigenvalue weighted by atomic mass is 35.5. The van der Waals surface area contributed by atoms with Gasteiger partial charge in [0.2, 0.25) is 0 Å². The van der Waals surface area contributed by atoms with Gasteiger partial charge in [-0.05, 0) is 38.0 Å². The lowest BCUT2D eigenvalue weighted by Crippen LogP contribution is -2.48. The summed E-state index contributed by atoms with van der Waals surface area (Å²) in [6.45, 7) is 12.3. The van der Waals surface area contributed by atoms with Crippen molar-refractivity contribution in [3.8, 4) is 0 Å². The van der Waals surface area contributed by atoms with E-state index in [1.54, 1.807) is 0 Å². The Morgan fingerprint density at radius 2 is 1.83 bits per heavy atom. The highest BCUT2D eigenvalue weighted by Gasteiger charge is 2.18. The Bertz CT molecular complexity index is 395. The van der Waals surface area contributed by atoms with Gasteiger partial charge in [-0.3, -0.25) is 9.80 Å². The second-order valence-corrected chi connectivity index (χ2v) is 5.90. The van der Waals surface area contributed by atoms with Gasteiger partial charge in [-0.25, -0.2) is 0 Å². The number of benzene rings is 1. The molecule has 0 N–H and O–H groups in total. The van der Waals surface area contributed by atoms with E-state index in [4.69, 9.17) is 11.6 Å². The van der Waals surface area contributed by atoms with Gasteiger partial charge in [0.15, 0.2) is 0 Å². The molecule has 1 saturated heterocycles. The van der Waals surface area contributed by atoms with Gasteiger partial charge in [0.05, 0.1) is 0 Å². The third-order valence-electron chi connectivity index (χ3n) is 3.78. The first kappa shape index (κ1) is 13.9. The molecule has 2 rings (SSSR count). The standard InChI is InChI=1S/C15H23ClN2/c1-12(2)18-8-6-17(7-9-18)11-14-5-4-13(3)15(16)10-14/h4-5,10,12H,6-9,11H2,1-3H3. The number of hydrogen-bond donors (Lipinski definition) is 0. The van der Waals surface area contributed by atoms with Gasteiger partial charge in [0.25, 0.3) is 0 Å². The van der Waals surface area contributed by atoms with Gasteiger partial charge in [-0.2, -0.15) is 0 Å². The first-order valence-electron chi connectivity index (χ1n) is 6.77. The molecule has 0 amide bonds. The normalized spacial score (nSPS) is 18.5. The minimum absolute atomic E-state index is 0.668. The van der Waals surface area contributed by atoms with E-state index in [1.165, 1.54) is 18.7 Å². The van der Waals surface area contributed by atoms with Crippen LogP contribution in [0.1, 0.15) is 25.0 Å². The summed E-state index contributed by atoms with van der Waals surface area (Å²) in [6, 6.07) is 7.07. The molecule has 1 aromatic carbocycles. The molecule has 1 aromatic rings. The first-order valence-corrected chi connectivity index (χ1v) is 7.15. The van der Waals surface area contributed by atoms with Crippen molar-refractivity contribution in [3.05, 3.63) is 34.3 Å². The van der Waals surface area contributed by atoms with Crippen LogP contribution < -0.4 is 0 Å². The summed E-state index contributed by atoms with van der Waals surface area (Å²) in [7, 11) is 0. The SMILES string of the molecule is Cc1ccc(CN2CCN(C(C)C)CC2)cc1Cl. The molecule has 0 spiro atoms. The summed E-state index contributed by atoms with van der Waals surface area (Å²) in [6.07, 6.45) is 0. The third-order valence-corrected chi connectivity index (χ3v) is 4.19. The zero-order valence-corrected chi connectivity index (χ0v) is 12.4. The van der Waals surface area contributed by atoms with Crippen LogP contribution >= 0.6 is 11.6 Å². The largest absolute Gasteiger partial charge is 0.298 e. The van der Waals surface area contributed by atoms with E-state index in [2.05, 4.69) is 41.8 Å². The first-order chi connectivity index (χ1) is 8.56. The predicted octanol–water partition coefficient (Wildman–Crippen LogP) is 3.17. The molecular formula is C15H23ClN2. The maximum atomic E-state index is 6.17. The molecule has 0 unspecified atom stereocenters. The molecule has 0 aromatic heterocycles. The Hall–Kier alpha value is -0.570. The number of halogens is 1. The fourth-order valence-corrected chi connectivity index (χ4v) is 2.63. The van der Waals surface area contributed by atoms with Crippen molar-refractivity contribution in [3.63, 3.8) is 0 Å². The van der Waals surface area contributed by atoms with E-state index in [1.807, 2.05) is 6.92 Å². The van der Waals surface area contributed by atoms with Crippen molar-refractivity contribution in [2.45, 2.75) is 33.4 Å². The lowest BCUT2D eigenvalue weighted by atomic mass is 10.1. The molecular weight excluding hydrogens is 244 g/mol. The molecule has 0 bridgehead atoms. The number of rotatable bonds is 3. The predicted molar refractivity (Wildman–Crippen MR) is 78.2 cm³/mol. The van der Waals surface area contributed by atoms with E-state index in [9.17, 15) is 0 Å². The van der Waals surface area contributed by atoms with E-state index < -0.39 is 0 Å². The maximum Gasteiger partial charge on any atom is 0.0438 e. The average Bonchev–Trinajstić information content (AvgIpc) is 2.34. The number of aryl methyl sites for hydroxylation is 1. The van der Waals surface area contributed by atoms with Gasteiger partial charge in [0, 0.05) is 43.8 Å². The van der Waals surface area contributed by atoms with Crippen LogP contribution in [-0.4, -0.2) is 42.0 Å². The van der Waals surface area contributed by atoms with Crippen LogP contribution in [0.3, 0.4) is 0 Å². The van der Waals surface area contributed by atoms with E-state index in [0.29, 0.717) is 6.04 Å². The molecule has 100 valence electrons. The summed E-state index contributed by atoms with van der Waals surface area (Å²) in [5.41, 5.74) is 2.48. The molecule has 0 radical (unpaired) electrons. The lowest BCUT2D eigenvalue weighted by Gasteiger charge is -2.37. The quantitative estimate of drug-likeness (QED) is 0.829. The average molecular weight is 267 g/mol. The van der Waals surface area contributed by atoms with Crippen molar-refractivity contribution >= 4 is 11.6 Å². The van der Waals surface area contributed by atoms with Crippen LogP contribution in [0.2, 0.25) is 5.02 Å². The van der Waals surface area contributed by atoms with Crippen LogP contribution in [0.4, 0.5) is 0 Å². The van der Waals surface area contributed by atoms with Crippen LogP contribution in [0.15, 0.2) is 18.2 Å². The molecule has 0 saturated carbocycles. The highest BCUT2D eigenvalue weighted by Crippen LogP contribution is 2.18. The Kier molecular flexibility index (Phi) is 4.66. The van der Waals surface area contributed by atoms with Gasteiger partial charge in [-0.15, -0.1) is 0 Å². The Morgan fingerprint density at radius 1 is 1.17 bits per heavy atom. The van der Waals surface area contributed by atoms with E-state index in [0.717, 1.165) is 30.2 Å². The fourth-order valence-electron chi connectivity index (χ4n) is 2.43. The molecule has 1 fully saturated rings. The van der Waals surface area contributed by atoms with Gasteiger partial charge in [0.1, 0.15) is 0 Å². The van der Waals surface area contributed by atoms with Gasteiger partial charge < -0.3 is 0 Å². The van der Waals surface area contributed by atoms with Crippen LogP contribution in [0, 0.1) is 6.92 Å². The minimum atomic E-state index is 0.668. The van der Waals surface area contributed by atoms with Crippen molar-refractivity contribution in [2.24, 2.45) is 0 Å². The topological polar surface area (TPSA) is 6.48 Å². The van der Waals surface area contributed by atoms with Crippen LogP contribution in [-0.2, 0) is 6.54 Å². The molecule has 3 heteroatoms. The monoisotopic (exact) mass is 266 g/mol. The summed E-state index contributed by atoms with van der Waals surface area (Å²) in [4.78, 5) is 5.05. The molecule has 1 aliphatic rings. The molecule has 0 atom stereocenters. The van der Waals surface area contributed by atoms with Crippen molar-refractivity contribution in [1.29, 1.82) is 0 Å². The molecule has 0 aliphatic carbocycles. The van der Waals surface area contributed by atoms with E-state index in [-0.39, 0.29) is 0 Å². The minimum Gasteiger partial charge on any atom is -0.298 e. The van der Waals surface area contributed by atoms with Crippen molar-refractivity contribution in [2.75, 3.05) is 26.2 Å². The molecule has 1 heterocycles. The number of piperazine rings is 1.